The van der Waals surface area contributed by atoms with E-state index in [1.54, 1.807) is 0 Å². The van der Waals surface area contributed by atoms with Crippen LogP contribution in [0.4, 0.5) is 0 Å². The molecule has 0 aromatic carbocycles. The molecule has 0 radical (unpaired) electrons. The van der Waals surface area contributed by atoms with Gasteiger partial charge in [-0.3, -0.25) is 0 Å². The molecular weight excluding hydrogens is 220 g/mol. The second kappa shape index (κ2) is 9.80. The smallest absolute Gasteiger partial charge is 0.0107 e. The molecule has 0 aromatic rings. The molecule has 1 N–H and O–H groups in total. The Hall–Kier alpha value is -0.0800. The van der Waals surface area contributed by atoms with Gasteiger partial charge in [0.25, 0.3) is 0 Å². The van der Waals surface area contributed by atoms with Gasteiger partial charge in [-0.2, -0.15) is 0 Å². The number of rotatable bonds is 9. The predicted octanol–water partition coefficient (Wildman–Crippen LogP) is 3.67. The zero-order valence-corrected chi connectivity index (χ0v) is 12.9. The lowest BCUT2D eigenvalue weighted by Crippen LogP contribution is -2.39. The van der Waals surface area contributed by atoms with Crippen molar-refractivity contribution < 1.29 is 0 Å². The Morgan fingerprint density at radius 2 is 1.94 bits per heavy atom. The number of nitrogens with zero attached hydrogens (tertiary/aromatic N) is 1. The molecule has 0 amide bonds. The molecule has 0 saturated heterocycles. The first kappa shape index (κ1) is 16.0. The Kier molecular flexibility index (Phi) is 8.70. The molecule has 2 unspecified atom stereocenters. The molecule has 1 saturated carbocycles. The van der Waals surface area contributed by atoms with Crippen LogP contribution >= 0.6 is 0 Å². The molecule has 1 aliphatic carbocycles. The summed E-state index contributed by atoms with van der Waals surface area (Å²) < 4.78 is 0. The van der Waals surface area contributed by atoms with E-state index in [-0.39, 0.29) is 0 Å². The van der Waals surface area contributed by atoms with Gasteiger partial charge in [0.2, 0.25) is 0 Å². The van der Waals surface area contributed by atoms with Crippen LogP contribution in [0.1, 0.15) is 65.2 Å². The fourth-order valence-electron chi connectivity index (χ4n) is 3.04. The van der Waals surface area contributed by atoms with E-state index in [0.717, 1.165) is 18.5 Å². The van der Waals surface area contributed by atoms with Crippen LogP contribution in [0, 0.1) is 5.92 Å². The highest BCUT2D eigenvalue weighted by Crippen LogP contribution is 2.26. The van der Waals surface area contributed by atoms with Gasteiger partial charge in [-0.25, -0.2) is 0 Å². The van der Waals surface area contributed by atoms with Crippen LogP contribution in [0.2, 0.25) is 0 Å². The van der Waals surface area contributed by atoms with Gasteiger partial charge in [-0.05, 0) is 38.8 Å². The Bertz CT molecular complexity index is 194. The zero-order chi connectivity index (χ0) is 13.2. The van der Waals surface area contributed by atoms with Crippen LogP contribution in [0.15, 0.2) is 0 Å². The number of unbranched alkanes of at least 4 members (excludes halogenated alkanes) is 3. The van der Waals surface area contributed by atoms with Crippen molar-refractivity contribution in [2.75, 3.05) is 26.7 Å². The molecule has 0 bridgehead atoms. The molecular formula is C16H34N2. The Morgan fingerprint density at radius 3 is 2.67 bits per heavy atom. The average Bonchev–Trinajstić information content (AvgIpc) is 2.37. The van der Waals surface area contributed by atoms with Gasteiger partial charge in [0, 0.05) is 19.1 Å². The first-order valence-electron chi connectivity index (χ1n) is 8.15. The Labute approximate surface area is 115 Å². The molecule has 1 aliphatic rings. The maximum Gasteiger partial charge on any atom is 0.0107 e. The SMILES string of the molecule is CCCCCCNCCN(C)C1CCCC(C)C1. The van der Waals surface area contributed by atoms with Crippen LogP contribution in [0.25, 0.3) is 0 Å². The van der Waals surface area contributed by atoms with E-state index in [4.69, 9.17) is 0 Å². The van der Waals surface area contributed by atoms with E-state index in [1.165, 1.54) is 64.5 Å². The monoisotopic (exact) mass is 254 g/mol. The summed E-state index contributed by atoms with van der Waals surface area (Å²) in [7, 11) is 2.31. The number of hydrogen-bond donors (Lipinski definition) is 1. The summed E-state index contributed by atoms with van der Waals surface area (Å²) in [5.41, 5.74) is 0. The lowest BCUT2D eigenvalue weighted by molar-refractivity contribution is 0.165. The molecule has 2 heteroatoms. The van der Waals surface area contributed by atoms with Crippen LogP contribution in [-0.2, 0) is 0 Å². The summed E-state index contributed by atoms with van der Waals surface area (Å²) >= 11 is 0. The molecule has 18 heavy (non-hydrogen) atoms. The minimum atomic E-state index is 0.843. The number of nitrogens with one attached hydrogen (secondary N) is 1. The summed E-state index contributed by atoms with van der Waals surface area (Å²) in [5, 5.41) is 3.58. The van der Waals surface area contributed by atoms with E-state index in [1.807, 2.05) is 0 Å². The lowest BCUT2D eigenvalue weighted by Gasteiger charge is -2.34. The largest absolute Gasteiger partial charge is 0.315 e. The third kappa shape index (κ3) is 6.75. The molecule has 108 valence electrons. The summed E-state index contributed by atoms with van der Waals surface area (Å²) in [5.74, 6) is 0.938. The van der Waals surface area contributed by atoms with Gasteiger partial charge in [-0.1, -0.05) is 46.0 Å². The maximum atomic E-state index is 3.58. The van der Waals surface area contributed by atoms with Crippen molar-refractivity contribution in [2.45, 2.75) is 71.3 Å². The van der Waals surface area contributed by atoms with Crippen molar-refractivity contribution in [3.8, 4) is 0 Å². The lowest BCUT2D eigenvalue weighted by atomic mass is 9.86. The highest BCUT2D eigenvalue weighted by atomic mass is 15.1. The van der Waals surface area contributed by atoms with Gasteiger partial charge in [-0.15, -0.1) is 0 Å². The normalized spacial score (nSPS) is 24.7. The minimum absolute atomic E-state index is 0.843. The van der Waals surface area contributed by atoms with Crippen LogP contribution < -0.4 is 5.32 Å². The molecule has 0 spiro atoms. The maximum absolute atomic E-state index is 3.58. The summed E-state index contributed by atoms with van der Waals surface area (Å²) in [6.45, 7) is 8.26. The third-order valence-electron chi connectivity index (χ3n) is 4.38. The number of hydrogen-bond acceptors (Lipinski definition) is 2. The molecule has 0 heterocycles. The Balaban J connectivity index is 1.97. The fourth-order valence-corrected chi connectivity index (χ4v) is 3.04. The van der Waals surface area contributed by atoms with Crippen LogP contribution in [0.5, 0.6) is 0 Å². The second-order valence-corrected chi connectivity index (χ2v) is 6.22. The summed E-state index contributed by atoms with van der Waals surface area (Å²) in [6, 6.07) is 0.843. The first-order valence-corrected chi connectivity index (χ1v) is 8.15. The highest BCUT2D eigenvalue weighted by Gasteiger charge is 2.21. The van der Waals surface area contributed by atoms with Gasteiger partial charge in [0.05, 0.1) is 0 Å². The van der Waals surface area contributed by atoms with Crippen molar-refractivity contribution in [3.05, 3.63) is 0 Å². The topological polar surface area (TPSA) is 15.3 Å². The van der Waals surface area contributed by atoms with Crippen LogP contribution in [-0.4, -0.2) is 37.6 Å². The van der Waals surface area contributed by atoms with Crippen molar-refractivity contribution in [2.24, 2.45) is 5.92 Å². The van der Waals surface area contributed by atoms with Crippen molar-refractivity contribution in [3.63, 3.8) is 0 Å². The highest BCUT2D eigenvalue weighted by molar-refractivity contribution is 4.77. The molecule has 2 nitrogen and oxygen atoms in total. The van der Waals surface area contributed by atoms with Gasteiger partial charge in [0.1, 0.15) is 0 Å². The first-order chi connectivity index (χ1) is 8.74. The molecule has 0 aliphatic heterocycles. The molecule has 1 fully saturated rings. The Morgan fingerprint density at radius 1 is 1.11 bits per heavy atom. The fraction of sp³-hybridized carbons (Fsp3) is 1.00. The van der Waals surface area contributed by atoms with Crippen molar-refractivity contribution >= 4 is 0 Å². The standard InChI is InChI=1S/C16H34N2/c1-4-5-6-7-11-17-12-13-18(3)16-10-8-9-15(2)14-16/h15-17H,4-14H2,1-3H3. The van der Waals surface area contributed by atoms with E-state index in [0.29, 0.717) is 0 Å². The third-order valence-corrected chi connectivity index (χ3v) is 4.38. The quantitative estimate of drug-likeness (QED) is 0.632. The second-order valence-electron chi connectivity index (χ2n) is 6.22. The van der Waals surface area contributed by atoms with Gasteiger partial charge >= 0.3 is 0 Å². The average molecular weight is 254 g/mol. The van der Waals surface area contributed by atoms with E-state index in [2.05, 4.69) is 31.1 Å². The zero-order valence-electron chi connectivity index (χ0n) is 12.9. The van der Waals surface area contributed by atoms with E-state index in [9.17, 15) is 0 Å². The molecule has 1 rings (SSSR count). The van der Waals surface area contributed by atoms with Crippen LogP contribution in [0.3, 0.4) is 0 Å². The van der Waals surface area contributed by atoms with Crippen molar-refractivity contribution in [1.82, 2.24) is 10.2 Å². The van der Waals surface area contributed by atoms with Gasteiger partial charge < -0.3 is 10.2 Å². The van der Waals surface area contributed by atoms with E-state index >= 15 is 0 Å². The summed E-state index contributed by atoms with van der Waals surface area (Å²) in [6.07, 6.45) is 11.2. The number of likely N-dealkylation sites (N-methyl/N-ethyl adjacent to an activating group) is 1. The minimum Gasteiger partial charge on any atom is -0.315 e. The summed E-state index contributed by atoms with van der Waals surface area (Å²) in [4.78, 5) is 2.58. The van der Waals surface area contributed by atoms with Crippen molar-refractivity contribution in [1.29, 1.82) is 0 Å². The predicted molar refractivity (Wildman–Crippen MR) is 81.1 cm³/mol. The molecule has 2 atom stereocenters. The van der Waals surface area contributed by atoms with Gasteiger partial charge in [0.15, 0.2) is 0 Å². The molecule has 0 aromatic heterocycles. The van der Waals surface area contributed by atoms with E-state index < -0.39 is 0 Å².